The zero-order chi connectivity index (χ0) is 28.9. The predicted molar refractivity (Wildman–Crippen MR) is 139 cm³/mol. The molecule has 1 saturated heterocycles. The summed E-state index contributed by atoms with van der Waals surface area (Å²) < 4.78 is 53.6. The van der Waals surface area contributed by atoms with Gasteiger partial charge in [0.1, 0.15) is 12.6 Å². The van der Waals surface area contributed by atoms with E-state index in [2.05, 4.69) is 10.6 Å². The van der Waals surface area contributed by atoms with Crippen molar-refractivity contribution >= 4 is 29.3 Å². The van der Waals surface area contributed by atoms with E-state index in [0.717, 1.165) is 0 Å². The minimum Gasteiger partial charge on any atom is -0.481 e. The molecule has 5 N–H and O–H groups in total. The van der Waals surface area contributed by atoms with Crippen LogP contribution in [0.1, 0.15) is 49.7 Å². The lowest BCUT2D eigenvalue weighted by Gasteiger charge is -2.34. The van der Waals surface area contributed by atoms with Gasteiger partial charge < -0.3 is 30.9 Å². The molecular weight excluding hydrogens is 531 g/mol. The van der Waals surface area contributed by atoms with Gasteiger partial charge in [0.05, 0.1) is 16.8 Å². The molecule has 2 aliphatic rings. The van der Waals surface area contributed by atoms with Crippen LogP contribution in [0.5, 0.6) is 0 Å². The predicted octanol–water partition coefficient (Wildman–Crippen LogP) is 4.60. The standard InChI is InChI=1S/C28H32F3N3O6/c29-21-19(27(25(36)37)12-14-39-15-13-27)6-7-20(22(21)32)33-24(35)23(18-8-10-28(30,31)11-9-18)34-26(38)40-16-17-4-2-1-3-5-17/h1-7,18,23H,8-16,32H2,(H,33,35)(H,34,38)(H,36,37). The number of benzene rings is 2. The molecule has 1 aliphatic carbocycles. The first-order chi connectivity index (χ1) is 19.0. The third-order valence-electron chi connectivity index (χ3n) is 7.71. The largest absolute Gasteiger partial charge is 0.481 e. The van der Waals surface area contributed by atoms with Crippen molar-refractivity contribution in [3.8, 4) is 0 Å². The molecule has 40 heavy (non-hydrogen) atoms. The van der Waals surface area contributed by atoms with Crippen LogP contribution in [-0.2, 0) is 31.1 Å². The number of anilines is 2. The Labute approximate surface area is 229 Å². The van der Waals surface area contributed by atoms with Crippen LogP contribution in [0.3, 0.4) is 0 Å². The highest BCUT2D eigenvalue weighted by molar-refractivity contribution is 5.99. The van der Waals surface area contributed by atoms with Crippen molar-refractivity contribution in [2.24, 2.45) is 5.92 Å². The van der Waals surface area contributed by atoms with Gasteiger partial charge in [-0.2, -0.15) is 0 Å². The van der Waals surface area contributed by atoms with Gasteiger partial charge in [-0.3, -0.25) is 9.59 Å². The van der Waals surface area contributed by atoms with E-state index >= 15 is 4.39 Å². The Morgan fingerprint density at radius 3 is 2.33 bits per heavy atom. The first-order valence-electron chi connectivity index (χ1n) is 13.1. The van der Waals surface area contributed by atoms with E-state index < -0.39 is 65.6 Å². The van der Waals surface area contributed by atoms with Crippen molar-refractivity contribution in [1.29, 1.82) is 0 Å². The Bertz CT molecular complexity index is 1230. The molecule has 2 amide bonds. The molecule has 2 aromatic rings. The number of carbonyl (C=O) groups is 3. The number of alkyl halides is 2. The van der Waals surface area contributed by atoms with E-state index in [4.69, 9.17) is 15.2 Å². The maximum Gasteiger partial charge on any atom is 0.408 e. The second-order valence-corrected chi connectivity index (χ2v) is 10.3. The van der Waals surface area contributed by atoms with Crippen LogP contribution in [-0.4, -0.2) is 48.3 Å². The highest BCUT2D eigenvalue weighted by atomic mass is 19.3. The van der Waals surface area contributed by atoms with Crippen LogP contribution in [0.15, 0.2) is 42.5 Å². The lowest BCUT2D eigenvalue weighted by atomic mass is 9.73. The summed E-state index contributed by atoms with van der Waals surface area (Å²) >= 11 is 0. The van der Waals surface area contributed by atoms with E-state index in [0.29, 0.717) is 5.56 Å². The van der Waals surface area contributed by atoms with Crippen LogP contribution in [0.25, 0.3) is 0 Å². The lowest BCUT2D eigenvalue weighted by Crippen LogP contribution is -2.50. The smallest absolute Gasteiger partial charge is 0.408 e. The molecule has 0 spiro atoms. The van der Waals surface area contributed by atoms with Gasteiger partial charge in [-0.05, 0) is 43.2 Å². The summed E-state index contributed by atoms with van der Waals surface area (Å²) in [5.74, 6) is -6.47. The summed E-state index contributed by atoms with van der Waals surface area (Å²) in [4.78, 5) is 38.0. The maximum absolute atomic E-state index is 15.5. The van der Waals surface area contributed by atoms with Crippen LogP contribution in [0, 0.1) is 11.7 Å². The monoisotopic (exact) mass is 563 g/mol. The van der Waals surface area contributed by atoms with Gasteiger partial charge in [0, 0.05) is 31.6 Å². The van der Waals surface area contributed by atoms with Crippen LogP contribution in [0.4, 0.5) is 29.3 Å². The number of nitrogens with two attached hydrogens (primary N) is 1. The van der Waals surface area contributed by atoms with Gasteiger partial charge in [0.25, 0.3) is 0 Å². The first kappa shape index (κ1) is 29.2. The number of nitrogen functional groups attached to an aromatic ring is 1. The van der Waals surface area contributed by atoms with Gasteiger partial charge >= 0.3 is 12.1 Å². The average Bonchev–Trinajstić information content (AvgIpc) is 2.94. The molecule has 9 nitrogen and oxygen atoms in total. The van der Waals surface area contributed by atoms with Crippen molar-refractivity contribution in [3.63, 3.8) is 0 Å². The minimum absolute atomic E-state index is 0.0317. The van der Waals surface area contributed by atoms with Crippen molar-refractivity contribution in [1.82, 2.24) is 5.32 Å². The molecule has 0 aromatic heterocycles. The Kier molecular flexibility index (Phi) is 8.87. The van der Waals surface area contributed by atoms with Crippen molar-refractivity contribution in [2.45, 2.75) is 62.5 Å². The molecule has 1 atom stereocenters. The van der Waals surface area contributed by atoms with Gasteiger partial charge in [-0.15, -0.1) is 0 Å². The Balaban J connectivity index is 1.52. The van der Waals surface area contributed by atoms with Gasteiger partial charge in [0.15, 0.2) is 5.82 Å². The van der Waals surface area contributed by atoms with Crippen molar-refractivity contribution < 1.29 is 42.1 Å². The molecule has 216 valence electrons. The number of carboxylic acids is 1. The van der Waals surface area contributed by atoms with Gasteiger partial charge in [-0.1, -0.05) is 36.4 Å². The number of halogens is 3. The fourth-order valence-electron chi connectivity index (χ4n) is 5.29. The fourth-order valence-corrected chi connectivity index (χ4v) is 5.29. The van der Waals surface area contributed by atoms with Gasteiger partial charge in [0.2, 0.25) is 11.8 Å². The molecule has 0 bridgehead atoms. The summed E-state index contributed by atoms with van der Waals surface area (Å²) in [5.41, 5.74) is 4.46. The zero-order valence-corrected chi connectivity index (χ0v) is 21.8. The van der Waals surface area contributed by atoms with Gasteiger partial charge in [-0.25, -0.2) is 18.0 Å². The van der Waals surface area contributed by atoms with E-state index in [1.165, 1.54) is 12.1 Å². The Morgan fingerprint density at radius 2 is 1.70 bits per heavy atom. The van der Waals surface area contributed by atoms with Crippen LogP contribution >= 0.6 is 0 Å². The molecule has 1 heterocycles. The molecule has 2 fully saturated rings. The molecule has 4 rings (SSSR count). The highest BCUT2D eigenvalue weighted by Crippen LogP contribution is 2.41. The number of ether oxygens (including phenoxy) is 2. The Hall–Kier alpha value is -3.80. The van der Waals surface area contributed by atoms with E-state index in [-0.39, 0.29) is 56.8 Å². The number of carbonyl (C=O) groups excluding carboxylic acids is 2. The number of nitrogens with one attached hydrogen (secondary N) is 2. The molecule has 1 saturated carbocycles. The number of amides is 2. The summed E-state index contributed by atoms with van der Waals surface area (Å²) in [6.07, 6.45) is -1.78. The molecule has 2 aromatic carbocycles. The highest BCUT2D eigenvalue weighted by Gasteiger charge is 2.45. The number of aliphatic carboxylic acids is 1. The molecular formula is C28H32F3N3O6. The Morgan fingerprint density at radius 1 is 1.05 bits per heavy atom. The van der Waals surface area contributed by atoms with E-state index in [9.17, 15) is 28.3 Å². The van der Waals surface area contributed by atoms with Crippen molar-refractivity contribution in [2.75, 3.05) is 24.3 Å². The second kappa shape index (κ2) is 12.2. The summed E-state index contributed by atoms with van der Waals surface area (Å²) in [7, 11) is 0. The average molecular weight is 564 g/mol. The third kappa shape index (κ3) is 6.49. The van der Waals surface area contributed by atoms with E-state index in [1.807, 2.05) is 0 Å². The molecule has 12 heteroatoms. The van der Waals surface area contributed by atoms with E-state index in [1.54, 1.807) is 30.3 Å². The quantitative estimate of drug-likeness (QED) is 0.344. The normalized spacial score (nSPS) is 19.3. The first-order valence-corrected chi connectivity index (χ1v) is 13.1. The maximum atomic E-state index is 15.5. The summed E-state index contributed by atoms with van der Waals surface area (Å²) in [5, 5.41) is 14.9. The number of carboxylic acid groups (broad SMARTS) is 1. The number of rotatable bonds is 8. The summed E-state index contributed by atoms with van der Waals surface area (Å²) in [6.45, 7) is 0.205. The lowest BCUT2D eigenvalue weighted by molar-refractivity contribution is -0.148. The zero-order valence-electron chi connectivity index (χ0n) is 21.8. The third-order valence-corrected chi connectivity index (χ3v) is 7.71. The minimum atomic E-state index is -2.86. The SMILES string of the molecule is Nc1c(NC(=O)C(NC(=O)OCc2ccccc2)C2CCC(F)(F)CC2)ccc(C2(C(=O)O)CCOCC2)c1F. The molecule has 1 aliphatic heterocycles. The summed E-state index contributed by atoms with van der Waals surface area (Å²) in [6, 6.07) is 10.1. The number of alkyl carbamates (subject to hydrolysis) is 1. The fraction of sp³-hybridized carbons (Fsp3) is 0.464. The van der Waals surface area contributed by atoms with Crippen LogP contribution < -0.4 is 16.4 Å². The topological polar surface area (TPSA) is 140 Å². The molecule has 1 unspecified atom stereocenters. The second-order valence-electron chi connectivity index (χ2n) is 10.3. The number of hydrogen-bond acceptors (Lipinski definition) is 6. The van der Waals surface area contributed by atoms with Crippen LogP contribution in [0.2, 0.25) is 0 Å². The molecule has 0 radical (unpaired) electrons. The van der Waals surface area contributed by atoms with Crippen molar-refractivity contribution in [3.05, 3.63) is 59.4 Å². The number of hydrogen-bond donors (Lipinski definition) is 4.